The first kappa shape index (κ1) is 29.8. The summed E-state index contributed by atoms with van der Waals surface area (Å²) in [5, 5.41) is 11.2. The van der Waals surface area contributed by atoms with Gasteiger partial charge in [-0.2, -0.15) is 5.10 Å². The Morgan fingerprint density at radius 3 is 2.50 bits per heavy atom. The van der Waals surface area contributed by atoms with E-state index in [1.54, 1.807) is 31.6 Å². The van der Waals surface area contributed by atoms with Crippen LogP contribution in [0.15, 0.2) is 6.20 Å². The number of carbonyl (C=O) groups excluding carboxylic acids is 3. The lowest BCUT2D eigenvalue weighted by molar-refractivity contribution is -0.146. The number of hydrogen-bond acceptors (Lipinski definition) is 10. The molecule has 2 aromatic rings. The van der Waals surface area contributed by atoms with Gasteiger partial charge in [0.05, 0.1) is 17.8 Å². The van der Waals surface area contributed by atoms with E-state index < -0.39 is 23.6 Å². The second kappa shape index (κ2) is 12.5. The first-order valence-corrected chi connectivity index (χ1v) is 14.8. The highest BCUT2D eigenvalue weighted by Gasteiger charge is 2.33. The van der Waals surface area contributed by atoms with Crippen LogP contribution in [0.1, 0.15) is 87.6 Å². The van der Waals surface area contributed by atoms with Crippen LogP contribution in [-0.2, 0) is 21.3 Å². The minimum Gasteiger partial charge on any atom is -0.465 e. The summed E-state index contributed by atoms with van der Waals surface area (Å²) in [6.07, 6.45) is 6.21. The molecular weight excluding hydrogens is 534 g/mol. The third-order valence-corrected chi connectivity index (χ3v) is 8.05. The number of nitrogens with one attached hydrogen (secondary N) is 2. The van der Waals surface area contributed by atoms with Crippen molar-refractivity contribution in [2.24, 2.45) is 18.7 Å². The smallest absolute Gasteiger partial charge is 0.412 e. The Balaban J connectivity index is 1.43. The zero-order valence-electron chi connectivity index (χ0n) is 24.0. The fourth-order valence-corrected chi connectivity index (χ4v) is 5.75. The molecule has 3 heterocycles. The summed E-state index contributed by atoms with van der Waals surface area (Å²) in [4.78, 5) is 44.9. The Kier molecular flexibility index (Phi) is 9.34. The van der Waals surface area contributed by atoms with E-state index in [0.29, 0.717) is 49.1 Å². The molecule has 1 saturated carbocycles. The molecule has 1 saturated heterocycles. The number of anilines is 3. The summed E-state index contributed by atoms with van der Waals surface area (Å²) in [6.45, 7) is 9.08. The van der Waals surface area contributed by atoms with Gasteiger partial charge in [-0.3, -0.25) is 19.6 Å². The zero-order chi connectivity index (χ0) is 29.0. The molecule has 0 bridgehead atoms. The summed E-state index contributed by atoms with van der Waals surface area (Å²) in [5.74, 6) is 0.315. The van der Waals surface area contributed by atoms with Crippen LogP contribution in [0.3, 0.4) is 0 Å². The molecule has 2 fully saturated rings. The average molecular weight is 576 g/mol. The van der Waals surface area contributed by atoms with Gasteiger partial charge in [0.15, 0.2) is 11.5 Å². The lowest BCUT2D eigenvalue weighted by Gasteiger charge is -2.35. The molecule has 2 amide bonds. The molecule has 2 aromatic heterocycles. The van der Waals surface area contributed by atoms with E-state index >= 15 is 0 Å². The lowest BCUT2D eigenvalue weighted by Crippen LogP contribution is -2.46. The van der Waals surface area contributed by atoms with Gasteiger partial charge in [-0.05, 0) is 58.8 Å². The Hall–Kier alpha value is -3.19. The van der Waals surface area contributed by atoms with E-state index in [1.807, 2.05) is 14.0 Å². The Morgan fingerprint density at radius 1 is 1.18 bits per heavy atom. The number of thiazole rings is 1. The standard InChI is InChI=1S/C27H41N7O5S/c1-6-7-14-38-25(36)19(28)16-10-12-34(13-11-16)24-18(15-29-33(24)5)30-21(35)20-23(32-26(37)39-27(2,3)4)40-22(31-20)17-8-9-17/h15-17,19H,6-14,28H2,1-5H3,(H,30,35)(H,32,37). The highest BCUT2D eigenvalue weighted by Crippen LogP contribution is 2.44. The van der Waals surface area contributed by atoms with Crippen molar-refractivity contribution in [2.75, 3.05) is 35.2 Å². The van der Waals surface area contributed by atoms with Crippen LogP contribution in [0.25, 0.3) is 0 Å². The van der Waals surface area contributed by atoms with Gasteiger partial charge in [0.1, 0.15) is 22.3 Å². The fraction of sp³-hybridized carbons (Fsp3) is 0.667. The topological polar surface area (TPSA) is 154 Å². The van der Waals surface area contributed by atoms with Gasteiger partial charge in [-0.1, -0.05) is 13.3 Å². The van der Waals surface area contributed by atoms with Gasteiger partial charge < -0.3 is 25.4 Å². The maximum Gasteiger partial charge on any atom is 0.412 e. The number of nitrogens with two attached hydrogens (primary N) is 1. The molecular formula is C27H41N7O5S. The largest absolute Gasteiger partial charge is 0.465 e. The molecule has 0 spiro atoms. The highest BCUT2D eigenvalue weighted by atomic mass is 32.1. The number of piperidine rings is 1. The molecule has 220 valence electrons. The number of unbranched alkanes of at least 4 members (excludes halogenated alkanes) is 1. The third kappa shape index (κ3) is 7.51. The van der Waals surface area contributed by atoms with Gasteiger partial charge in [0.25, 0.3) is 5.91 Å². The van der Waals surface area contributed by atoms with E-state index in [4.69, 9.17) is 15.2 Å². The highest BCUT2D eigenvalue weighted by molar-refractivity contribution is 7.16. The lowest BCUT2D eigenvalue weighted by atomic mass is 9.90. The van der Waals surface area contributed by atoms with Gasteiger partial charge >= 0.3 is 12.1 Å². The zero-order valence-corrected chi connectivity index (χ0v) is 24.8. The van der Waals surface area contributed by atoms with Crippen LogP contribution in [0.2, 0.25) is 0 Å². The van der Waals surface area contributed by atoms with Crippen molar-refractivity contribution in [2.45, 2.75) is 83.8 Å². The fourth-order valence-electron chi connectivity index (χ4n) is 4.63. The number of carbonyl (C=O) groups is 3. The number of nitrogens with zero attached hydrogens (tertiary/aromatic N) is 4. The molecule has 4 rings (SSSR count). The van der Waals surface area contributed by atoms with Crippen LogP contribution in [0, 0.1) is 5.92 Å². The summed E-state index contributed by atoms with van der Waals surface area (Å²) < 4.78 is 12.4. The average Bonchev–Trinajstić information content (AvgIpc) is 3.56. The van der Waals surface area contributed by atoms with Gasteiger partial charge in [0.2, 0.25) is 0 Å². The molecule has 4 N–H and O–H groups in total. The molecule has 40 heavy (non-hydrogen) atoms. The van der Waals surface area contributed by atoms with Gasteiger partial charge in [-0.15, -0.1) is 11.3 Å². The van der Waals surface area contributed by atoms with Crippen LogP contribution >= 0.6 is 11.3 Å². The number of amides is 2. The quantitative estimate of drug-likeness (QED) is 0.279. The molecule has 1 unspecified atom stereocenters. The van der Waals surface area contributed by atoms with Crippen LogP contribution in [0.4, 0.5) is 21.3 Å². The maximum absolute atomic E-state index is 13.4. The summed E-state index contributed by atoms with van der Waals surface area (Å²) in [5.41, 5.74) is 6.25. The van der Waals surface area contributed by atoms with Crippen molar-refractivity contribution in [3.8, 4) is 0 Å². The van der Waals surface area contributed by atoms with E-state index in [1.165, 1.54) is 11.3 Å². The van der Waals surface area contributed by atoms with Crippen LogP contribution in [-0.4, -0.2) is 64.1 Å². The number of rotatable bonds is 10. The number of ether oxygens (including phenoxy) is 2. The van der Waals surface area contributed by atoms with Crippen molar-refractivity contribution in [3.63, 3.8) is 0 Å². The molecule has 13 heteroatoms. The molecule has 1 aliphatic carbocycles. The minimum atomic E-state index is -0.673. The van der Waals surface area contributed by atoms with Crippen molar-refractivity contribution in [3.05, 3.63) is 16.9 Å². The summed E-state index contributed by atoms with van der Waals surface area (Å²) in [6, 6.07) is -0.647. The van der Waals surface area contributed by atoms with E-state index in [2.05, 4.69) is 25.6 Å². The maximum atomic E-state index is 13.4. The Morgan fingerprint density at radius 2 is 1.88 bits per heavy atom. The molecule has 12 nitrogen and oxygen atoms in total. The first-order valence-electron chi connectivity index (χ1n) is 14.0. The number of aromatic nitrogens is 3. The third-order valence-electron chi connectivity index (χ3n) is 6.92. The second-order valence-corrected chi connectivity index (χ2v) is 12.5. The van der Waals surface area contributed by atoms with Gasteiger partial charge in [0, 0.05) is 26.1 Å². The van der Waals surface area contributed by atoms with Crippen molar-refractivity contribution < 1.29 is 23.9 Å². The molecule has 2 aliphatic rings. The number of esters is 1. The van der Waals surface area contributed by atoms with Crippen molar-refractivity contribution >= 4 is 45.8 Å². The first-order chi connectivity index (χ1) is 19.0. The second-order valence-electron chi connectivity index (χ2n) is 11.5. The van der Waals surface area contributed by atoms with Crippen molar-refractivity contribution in [1.29, 1.82) is 0 Å². The van der Waals surface area contributed by atoms with Gasteiger partial charge in [-0.25, -0.2) is 9.78 Å². The van der Waals surface area contributed by atoms with Crippen LogP contribution < -0.4 is 21.3 Å². The number of aryl methyl sites for hydroxylation is 1. The SMILES string of the molecule is CCCCOC(=O)C(N)C1CCN(c2c(NC(=O)c3nc(C4CC4)sc3NC(=O)OC(C)(C)C)cnn2C)CC1. The molecule has 1 atom stereocenters. The van der Waals surface area contributed by atoms with E-state index in [-0.39, 0.29) is 17.6 Å². The Labute approximate surface area is 239 Å². The predicted molar refractivity (Wildman–Crippen MR) is 154 cm³/mol. The van der Waals surface area contributed by atoms with Crippen molar-refractivity contribution in [1.82, 2.24) is 14.8 Å². The molecule has 0 aromatic carbocycles. The monoisotopic (exact) mass is 575 g/mol. The Bertz CT molecular complexity index is 1210. The normalized spacial score (nSPS) is 16.9. The summed E-state index contributed by atoms with van der Waals surface area (Å²) in [7, 11) is 1.82. The molecule has 1 aliphatic heterocycles. The summed E-state index contributed by atoms with van der Waals surface area (Å²) >= 11 is 1.31. The molecule has 0 radical (unpaired) electrons. The van der Waals surface area contributed by atoms with E-state index in [0.717, 1.165) is 36.5 Å². The minimum absolute atomic E-state index is 0.0222. The number of hydrogen-bond donors (Lipinski definition) is 3. The van der Waals surface area contributed by atoms with E-state index in [9.17, 15) is 14.4 Å². The van der Waals surface area contributed by atoms with Crippen LogP contribution in [0.5, 0.6) is 0 Å². The predicted octanol–water partition coefficient (Wildman–Crippen LogP) is 4.24.